The first-order valence-electron chi connectivity index (χ1n) is 5.77. The molecule has 14 heavy (non-hydrogen) atoms. The molecular formula is C12H22ClN. The molecule has 1 nitrogen and oxygen atoms in total. The van der Waals surface area contributed by atoms with Gasteiger partial charge in [-0.2, -0.15) is 0 Å². The van der Waals surface area contributed by atoms with Gasteiger partial charge < -0.3 is 5.32 Å². The summed E-state index contributed by atoms with van der Waals surface area (Å²) in [6.45, 7) is 6.72. The highest BCUT2D eigenvalue weighted by Gasteiger charge is 2.18. The second-order valence-electron chi connectivity index (χ2n) is 4.44. The minimum absolute atomic E-state index is 0.587. The molecule has 0 amide bonds. The Morgan fingerprint density at radius 1 is 1.36 bits per heavy atom. The molecule has 0 heterocycles. The van der Waals surface area contributed by atoms with Crippen LogP contribution < -0.4 is 5.32 Å². The Morgan fingerprint density at radius 2 is 1.93 bits per heavy atom. The summed E-state index contributed by atoms with van der Waals surface area (Å²) in [6, 6.07) is 0.587. The van der Waals surface area contributed by atoms with E-state index >= 15 is 0 Å². The molecule has 0 aromatic rings. The third-order valence-corrected chi connectivity index (χ3v) is 3.36. The molecule has 1 rings (SSSR count). The van der Waals surface area contributed by atoms with Crippen molar-refractivity contribution in [3.05, 3.63) is 11.6 Å². The van der Waals surface area contributed by atoms with Crippen LogP contribution in [0, 0.1) is 5.92 Å². The summed E-state index contributed by atoms with van der Waals surface area (Å²) < 4.78 is 0. The summed E-state index contributed by atoms with van der Waals surface area (Å²) in [5, 5.41) is 4.16. The van der Waals surface area contributed by atoms with Crippen LogP contribution in [0.4, 0.5) is 0 Å². The second-order valence-corrected chi connectivity index (χ2v) is 4.97. The van der Waals surface area contributed by atoms with Crippen LogP contribution in [0.25, 0.3) is 0 Å². The lowest BCUT2D eigenvalue weighted by Crippen LogP contribution is -2.34. The van der Waals surface area contributed by atoms with Gasteiger partial charge in [-0.25, -0.2) is 0 Å². The molecule has 0 aromatic carbocycles. The van der Waals surface area contributed by atoms with Crippen LogP contribution in [-0.2, 0) is 0 Å². The average Bonchev–Trinajstić information content (AvgIpc) is 2.42. The van der Waals surface area contributed by atoms with E-state index in [1.807, 2.05) is 0 Å². The summed E-state index contributed by atoms with van der Waals surface area (Å²) in [5.74, 6) is 0.841. The number of hydrogen-bond donors (Lipinski definition) is 1. The summed E-state index contributed by atoms with van der Waals surface area (Å²) in [4.78, 5) is 0. The number of hydrogen-bond acceptors (Lipinski definition) is 1. The lowest BCUT2D eigenvalue weighted by Gasteiger charge is -2.23. The zero-order chi connectivity index (χ0) is 10.4. The molecule has 1 atom stereocenters. The highest BCUT2D eigenvalue weighted by Crippen LogP contribution is 2.25. The minimum Gasteiger partial charge on any atom is -0.309 e. The van der Waals surface area contributed by atoms with E-state index < -0.39 is 0 Å². The van der Waals surface area contributed by atoms with E-state index in [4.69, 9.17) is 11.6 Å². The Kier molecular flexibility index (Phi) is 5.57. The van der Waals surface area contributed by atoms with Gasteiger partial charge >= 0.3 is 0 Å². The van der Waals surface area contributed by atoms with Crippen molar-refractivity contribution in [1.82, 2.24) is 5.32 Å². The zero-order valence-electron chi connectivity index (χ0n) is 9.19. The highest BCUT2D eigenvalue weighted by atomic mass is 35.5. The Hall–Kier alpha value is -0.0100. The standard InChI is InChI=1S/C12H22ClN/c1-10(13)9-14-11(2)12-7-5-3-4-6-8-12/h11-12,14H,1,3-9H2,2H3/t11-/m0/s1. The van der Waals surface area contributed by atoms with Crippen molar-refractivity contribution in [2.75, 3.05) is 6.54 Å². The van der Waals surface area contributed by atoms with Crippen LogP contribution >= 0.6 is 11.6 Å². The Balaban J connectivity index is 2.26. The maximum absolute atomic E-state index is 5.74. The van der Waals surface area contributed by atoms with E-state index in [0.717, 1.165) is 12.5 Å². The molecule has 0 aromatic heterocycles. The quantitative estimate of drug-likeness (QED) is 0.706. The van der Waals surface area contributed by atoms with Gasteiger partial charge in [-0.1, -0.05) is 43.9 Å². The highest BCUT2D eigenvalue weighted by molar-refractivity contribution is 6.29. The van der Waals surface area contributed by atoms with Crippen molar-refractivity contribution >= 4 is 11.6 Å². The van der Waals surface area contributed by atoms with Crippen LogP contribution in [0.2, 0.25) is 0 Å². The van der Waals surface area contributed by atoms with Gasteiger partial charge in [-0.15, -0.1) is 0 Å². The maximum atomic E-state index is 5.74. The molecule has 0 radical (unpaired) electrons. The van der Waals surface area contributed by atoms with Crippen molar-refractivity contribution < 1.29 is 0 Å². The van der Waals surface area contributed by atoms with Crippen LogP contribution in [0.5, 0.6) is 0 Å². The van der Waals surface area contributed by atoms with Crippen molar-refractivity contribution in [3.8, 4) is 0 Å². The fraction of sp³-hybridized carbons (Fsp3) is 0.833. The Morgan fingerprint density at radius 3 is 2.43 bits per heavy atom. The van der Waals surface area contributed by atoms with Crippen LogP contribution in [-0.4, -0.2) is 12.6 Å². The molecule has 0 saturated heterocycles. The van der Waals surface area contributed by atoms with Gasteiger partial charge in [0.25, 0.3) is 0 Å². The molecule has 1 saturated carbocycles. The number of nitrogens with one attached hydrogen (secondary N) is 1. The van der Waals surface area contributed by atoms with Gasteiger partial charge in [0, 0.05) is 17.6 Å². The average molecular weight is 216 g/mol. The van der Waals surface area contributed by atoms with E-state index in [1.165, 1.54) is 38.5 Å². The van der Waals surface area contributed by atoms with E-state index in [2.05, 4.69) is 18.8 Å². The first-order chi connectivity index (χ1) is 6.70. The monoisotopic (exact) mass is 215 g/mol. The molecule has 0 spiro atoms. The second kappa shape index (κ2) is 6.47. The lowest BCUT2D eigenvalue weighted by atomic mass is 9.93. The van der Waals surface area contributed by atoms with Crippen LogP contribution in [0.15, 0.2) is 11.6 Å². The predicted molar refractivity (Wildman–Crippen MR) is 63.6 cm³/mol. The van der Waals surface area contributed by atoms with Crippen LogP contribution in [0.3, 0.4) is 0 Å². The Labute approximate surface area is 92.9 Å². The SMILES string of the molecule is C=C(Cl)CN[C@@H](C)C1CCCCCC1. The molecule has 2 heteroatoms. The first kappa shape index (κ1) is 12.1. The molecule has 1 aliphatic rings. The van der Waals surface area contributed by atoms with Gasteiger partial charge in [0.05, 0.1) is 0 Å². The van der Waals surface area contributed by atoms with Crippen LogP contribution in [0.1, 0.15) is 45.4 Å². The lowest BCUT2D eigenvalue weighted by molar-refractivity contribution is 0.346. The molecule has 1 aliphatic carbocycles. The minimum atomic E-state index is 0.587. The number of halogens is 1. The summed E-state index contributed by atoms with van der Waals surface area (Å²) in [7, 11) is 0. The van der Waals surface area contributed by atoms with Gasteiger partial charge in [0.2, 0.25) is 0 Å². The van der Waals surface area contributed by atoms with E-state index in [1.54, 1.807) is 0 Å². The third-order valence-electron chi connectivity index (χ3n) is 3.22. The molecule has 1 N–H and O–H groups in total. The smallest absolute Gasteiger partial charge is 0.0310 e. The van der Waals surface area contributed by atoms with Crippen molar-refractivity contribution in [3.63, 3.8) is 0 Å². The summed E-state index contributed by atoms with van der Waals surface area (Å²) in [5.41, 5.74) is 0. The van der Waals surface area contributed by atoms with Gasteiger partial charge in [-0.3, -0.25) is 0 Å². The maximum Gasteiger partial charge on any atom is 0.0310 e. The molecule has 1 fully saturated rings. The molecule has 82 valence electrons. The van der Waals surface area contributed by atoms with Gasteiger partial charge in [-0.05, 0) is 25.7 Å². The van der Waals surface area contributed by atoms with Gasteiger partial charge in [0.15, 0.2) is 0 Å². The fourth-order valence-electron chi connectivity index (χ4n) is 2.25. The molecular weight excluding hydrogens is 194 g/mol. The summed E-state index contributed by atoms with van der Waals surface area (Å²) in [6.07, 6.45) is 8.40. The molecule has 0 aliphatic heterocycles. The van der Waals surface area contributed by atoms with E-state index in [9.17, 15) is 0 Å². The Bertz CT molecular complexity index is 171. The third kappa shape index (κ3) is 4.47. The van der Waals surface area contributed by atoms with E-state index in [-0.39, 0.29) is 0 Å². The van der Waals surface area contributed by atoms with Crippen molar-refractivity contribution in [2.45, 2.75) is 51.5 Å². The van der Waals surface area contributed by atoms with Crippen molar-refractivity contribution in [2.24, 2.45) is 5.92 Å². The summed E-state index contributed by atoms with van der Waals surface area (Å²) >= 11 is 5.74. The van der Waals surface area contributed by atoms with E-state index in [0.29, 0.717) is 11.1 Å². The molecule has 0 unspecified atom stereocenters. The largest absolute Gasteiger partial charge is 0.309 e. The first-order valence-corrected chi connectivity index (χ1v) is 6.14. The van der Waals surface area contributed by atoms with Crippen molar-refractivity contribution in [1.29, 1.82) is 0 Å². The fourth-order valence-corrected chi connectivity index (χ4v) is 2.33. The normalized spacial score (nSPS) is 21.6. The number of rotatable bonds is 4. The topological polar surface area (TPSA) is 12.0 Å². The molecule has 0 bridgehead atoms. The zero-order valence-corrected chi connectivity index (χ0v) is 9.95. The predicted octanol–water partition coefficient (Wildman–Crippen LogP) is 3.69. The van der Waals surface area contributed by atoms with Gasteiger partial charge in [0.1, 0.15) is 0 Å².